The van der Waals surface area contributed by atoms with Crippen molar-refractivity contribution in [2.75, 3.05) is 37.3 Å². The molecular formula is C12H21Cl2N3O2S. The molecule has 20 heavy (non-hydrogen) atoms. The molecule has 1 fully saturated rings. The predicted octanol–water partition coefficient (Wildman–Crippen LogP) is 1.27. The number of rotatable bonds is 3. The van der Waals surface area contributed by atoms with E-state index in [9.17, 15) is 8.42 Å². The van der Waals surface area contributed by atoms with Crippen molar-refractivity contribution in [3.8, 4) is 0 Å². The minimum atomic E-state index is -2.98. The van der Waals surface area contributed by atoms with E-state index in [1.54, 1.807) is 6.20 Å². The van der Waals surface area contributed by atoms with Gasteiger partial charge >= 0.3 is 0 Å². The highest BCUT2D eigenvalue weighted by Gasteiger charge is 2.11. The fraction of sp³-hybridized carbons (Fsp3) is 0.583. The number of sulfone groups is 1. The fourth-order valence-corrected chi connectivity index (χ4v) is 2.84. The third-order valence-corrected chi connectivity index (χ3v) is 3.76. The van der Waals surface area contributed by atoms with Crippen molar-refractivity contribution >= 4 is 40.5 Å². The molecule has 8 heteroatoms. The molecule has 0 spiro atoms. The zero-order chi connectivity index (χ0) is 13.0. The summed E-state index contributed by atoms with van der Waals surface area (Å²) in [6.45, 7) is 3.94. The molecule has 1 N–H and O–H groups in total. The first-order chi connectivity index (χ1) is 8.54. The Bertz CT molecular complexity index is 486. The minimum Gasteiger partial charge on any atom is -0.355 e. The second-order valence-electron chi connectivity index (χ2n) is 4.69. The molecule has 1 aromatic rings. The van der Waals surface area contributed by atoms with Crippen molar-refractivity contribution in [2.45, 2.75) is 12.2 Å². The smallest absolute Gasteiger partial charge is 0.151 e. The van der Waals surface area contributed by atoms with Crippen molar-refractivity contribution in [1.82, 2.24) is 10.3 Å². The quantitative estimate of drug-likeness (QED) is 0.896. The monoisotopic (exact) mass is 341 g/mol. The first-order valence-electron chi connectivity index (χ1n) is 6.13. The lowest BCUT2D eigenvalue weighted by molar-refractivity contribution is 0.601. The van der Waals surface area contributed by atoms with Crippen molar-refractivity contribution in [3.63, 3.8) is 0 Å². The molecule has 116 valence electrons. The van der Waals surface area contributed by atoms with Gasteiger partial charge < -0.3 is 10.2 Å². The first kappa shape index (κ1) is 19.4. The van der Waals surface area contributed by atoms with Crippen LogP contribution in [-0.4, -0.2) is 45.8 Å². The highest BCUT2D eigenvalue weighted by molar-refractivity contribution is 7.89. The molecule has 1 aromatic heterocycles. The molecule has 1 saturated heterocycles. The summed E-state index contributed by atoms with van der Waals surface area (Å²) in [5.74, 6) is 0.984. The Morgan fingerprint density at radius 2 is 2.00 bits per heavy atom. The van der Waals surface area contributed by atoms with E-state index >= 15 is 0 Å². The molecule has 0 saturated carbocycles. The van der Waals surface area contributed by atoms with Crippen LogP contribution in [0, 0.1) is 0 Å². The van der Waals surface area contributed by atoms with Gasteiger partial charge in [0.25, 0.3) is 0 Å². The molecule has 0 amide bonds. The number of pyridine rings is 1. The van der Waals surface area contributed by atoms with Crippen LogP contribution in [0.2, 0.25) is 0 Å². The molecule has 5 nitrogen and oxygen atoms in total. The summed E-state index contributed by atoms with van der Waals surface area (Å²) in [4.78, 5) is 6.59. The van der Waals surface area contributed by atoms with Crippen LogP contribution in [0.4, 0.5) is 5.82 Å². The summed E-state index contributed by atoms with van der Waals surface area (Å²) >= 11 is 0. The lowest BCUT2D eigenvalue weighted by atomic mass is 10.3. The zero-order valence-corrected chi connectivity index (χ0v) is 13.9. The minimum absolute atomic E-state index is 0. The largest absolute Gasteiger partial charge is 0.355 e. The molecule has 0 aromatic carbocycles. The molecule has 1 aliphatic rings. The molecule has 2 heterocycles. The van der Waals surface area contributed by atoms with E-state index in [0.717, 1.165) is 44.0 Å². The van der Waals surface area contributed by atoms with E-state index in [0.29, 0.717) is 0 Å². The van der Waals surface area contributed by atoms with Gasteiger partial charge in [0.2, 0.25) is 0 Å². The summed E-state index contributed by atoms with van der Waals surface area (Å²) in [5, 5.41) is 3.34. The van der Waals surface area contributed by atoms with Gasteiger partial charge in [-0.1, -0.05) is 6.07 Å². The fourth-order valence-electron chi connectivity index (χ4n) is 2.07. The maximum absolute atomic E-state index is 11.2. The summed E-state index contributed by atoms with van der Waals surface area (Å²) in [6, 6.07) is 3.76. The second-order valence-corrected chi connectivity index (χ2v) is 6.83. The molecule has 0 bridgehead atoms. The van der Waals surface area contributed by atoms with Crippen LogP contribution in [0.1, 0.15) is 12.0 Å². The maximum atomic E-state index is 11.2. The van der Waals surface area contributed by atoms with Gasteiger partial charge in [0, 0.05) is 32.1 Å². The first-order valence-corrected chi connectivity index (χ1v) is 8.19. The van der Waals surface area contributed by atoms with Gasteiger partial charge in [0.05, 0.1) is 5.75 Å². The second kappa shape index (κ2) is 8.67. The van der Waals surface area contributed by atoms with Crippen LogP contribution in [0.3, 0.4) is 0 Å². The van der Waals surface area contributed by atoms with Crippen LogP contribution < -0.4 is 10.2 Å². The van der Waals surface area contributed by atoms with E-state index in [-0.39, 0.29) is 30.6 Å². The number of hydrogen-bond acceptors (Lipinski definition) is 5. The predicted molar refractivity (Wildman–Crippen MR) is 87.0 cm³/mol. The molecule has 1 aliphatic heterocycles. The average Bonchev–Trinajstić information content (AvgIpc) is 2.56. The molecule has 0 aliphatic carbocycles. The van der Waals surface area contributed by atoms with Gasteiger partial charge in [-0.25, -0.2) is 13.4 Å². The number of nitrogens with zero attached hydrogens (tertiary/aromatic N) is 2. The van der Waals surface area contributed by atoms with Crippen molar-refractivity contribution in [1.29, 1.82) is 0 Å². The summed E-state index contributed by atoms with van der Waals surface area (Å²) in [7, 11) is -2.98. The summed E-state index contributed by atoms with van der Waals surface area (Å²) in [5.41, 5.74) is 0.745. The highest BCUT2D eigenvalue weighted by atomic mass is 35.5. The summed E-state index contributed by atoms with van der Waals surface area (Å²) in [6.07, 6.45) is 4.00. The topological polar surface area (TPSA) is 62.3 Å². The SMILES string of the molecule is CS(=O)(=O)Cc1ccc(N2CCCNCC2)nc1.Cl.Cl. The van der Waals surface area contributed by atoms with Crippen LogP contribution in [0.15, 0.2) is 18.3 Å². The van der Waals surface area contributed by atoms with Crippen molar-refractivity contribution in [3.05, 3.63) is 23.9 Å². The average molecular weight is 342 g/mol. The van der Waals surface area contributed by atoms with Crippen LogP contribution in [-0.2, 0) is 15.6 Å². The third kappa shape index (κ3) is 6.26. The summed E-state index contributed by atoms with van der Waals surface area (Å²) < 4.78 is 22.4. The Labute approximate surface area is 132 Å². The zero-order valence-electron chi connectivity index (χ0n) is 11.4. The van der Waals surface area contributed by atoms with Crippen LogP contribution in [0.5, 0.6) is 0 Å². The van der Waals surface area contributed by atoms with Crippen LogP contribution in [0.25, 0.3) is 0 Å². The van der Waals surface area contributed by atoms with Crippen molar-refractivity contribution in [2.24, 2.45) is 0 Å². The molecule has 2 rings (SSSR count). The number of nitrogens with one attached hydrogen (secondary N) is 1. The highest BCUT2D eigenvalue weighted by Crippen LogP contribution is 2.13. The lowest BCUT2D eigenvalue weighted by Gasteiger charge is -2.21. The van der Waals surface area contributed by atoms with E-state index in [2.05, 4.69) is 15.2 Å². The lowest BCUT2D eigenvalue weighted by Crippen LogP contribution is -2.28. The molecule has 0 radical (unpaired) electrons. The third-order valence-electron chi connectivity index (χ3n) is 2.90. The maximum Gasteiger partial charge on any atom is 0.151 e. The Morgan fingerprint density at radius 3 is 2.60 bits per heavy atom. The van der Waals surface area contributed by atoms with E-state index in [1.165, 1.54) is 6.26 Å². The Kier molecular flexibility index (Phi) is 8.42. The van der Waals surface area contributed by atoms with Gasteiger partial charge in [-0.2, -0.15) is 0 Å². The number of aromatic nitrogens is 1. The Hall–Kier alpha value is -0.560. The molecule has 0 unspecified atom stereocenters. The number of halogens is 2. The molecular weight excluding hydrogens is 321 g/mol. The van der Waals surface area contributed by atoms with Gasteiger partial charge in [0.15, 0.2) is 9.84 Å². The van der Waals surface area contributed by atoms with E-state index in [4.69, 9.17) is 0 Å². The van der Waals surface area contributed by atoms with Gasteiger partial charge in [-0.05, 0) is 24.6 Å². The normalized spacial score (nSPS) is 15.8. The van der Waals surface area contributed by atoms with Crippen molar-refractivity contribution < 1.29 is 8.42 Å². The number of hydrogen-bond donors (Lipinski definition) is 1. The van der Waals surface area contributed by atoms with Gasteiger partial charge in [-0.15, -0.1) is 24.8 Å². The van der Waals surface area contributed by atoms with Gasteiger partial charge in [0.1, 0.15) is 5.82 Å². The standard InChI is InChI=1S/C12H19N3O2S.2ClH/c1-18(16,17)10-11-3-4-12(14-9-11)15-7-2-5-13-6-8-15;;/h3-4,9,13H,2,5-8,10H2,1H3;2*1H. The number of anilines is 1. The Balaban J connectivity index is 0.00000180. The van der Waals surface area contributed by atoms with Gasteiger partial charge in [-0.3, -0.25) is 0 Å². The van der Waals surface area contributed by atoms with E-state index < -0.39 is 9.84 Å². The van der Waals surface area contributed by atoms with Crippen LogP contribution >= 0.6 is 24.8 Å². The molecule has 0 atom stereocenters. The Morgan fingerprint density at radius 1 is 1.25 bits per heavy atom. The van der Waals surface area contributed by atoms with E-state index in [1.807, 2.05) is 12.1 Å².